The molecule has 0 amide bonds. The summed E-state index contributed by atoms with van der Waals surface area (Å²) in [7, 11) is 0. The lowest BCUT2D eigenvalue weighted by molar-refractivity contribution is 0.397. The first-order valence-corrected chi connectivity index (χ1v) is 5.08. The second-order valence-corrected chi connectivity index (χ2v) is 3.67. The number of hydrogen-bond donors (Lipinski definition) is 1. The van der Waals surface area contributed by atoms with Crippen LogP contribution >= 0.6 is 0 Å². The predicted molar refractivity (Wildman–Crippen MR) is 53.6 cm³/mol. The lowest BCUT2D eigenvalue weighted by Gasteiger charge is -2.22. The van der Waals surface area contributed by atoms with E-state index in [-0.39, 0.29) is 0 Å². The molecular formula is C11H16N2. The SMILES string of the molecule is c1ccc(C[C@H]2CCCCN2)nc1. The standard InChI is InChI=1S/C11H16N2/c1-3-7-12-10(5-1)9-11-6-2-4-8-13-11/h1,3,5,7,11,13H,2,4,6,8-9H2/t11-/m1/s1. The van der Waals surface area contributed by atoms with Gasteiger partial charge in [-0.05, 0) is 31.5 Å². The normalized spacial score (nSPS) is 22.9. The highest BCUT2D eigenvalue weighted by molar-refractivity contribution is 5.05. The summed E-state index contributed by atoms with van der Waals surface area (Å²) in [6.45, 7) is 1.18. The van der Waals surface area contributed by atoms with E-state index in [0.29, 0.717) is 6.04 Å². The van der Waals surface area contributed by atoms with E-state index in [4.69, 9.17) is 0 Å². The molecule has 2 rings (SSSR count). The zero-order valence-electron chi connectivity index (χ0n) is 7.87. The molecule has 0 spiro atoms. The van der Waals surface area contributed by atoms with E-state index >= 15 is 0 Å². The van der Waals surface area contributed by atoms with Crippen LogP contribution in [0.2, 0.25) is 0 Å². The molecule has 2 heterocycles. The van der Waals surface area contributed by atoms with Crippen LogP contribution < -0.4 is 5.32 Å². The number of piperidine rings is 1. The molecule has 0 bridgehead atoms. The van der Waals surface area contributed by atoms with Gasteiger partial charge in [-0.2, -0.15) is 0 Å². The molecule has 13 heavy (non-hydrogen) atoms. The van der Waals surface area contributed by atoms with Gasteiger partial charge in [0, 0.05) is 24.4 Å². The molecule has 1 aliphatic rings. The molecule has 70 valence electrons. The fraction of sp³-hybridized carbons (Fsp3) is 0.545. The Morgan fingerprint density at radius 1 is 1.38 bits per heavy atom. The van der Waals surface area contributed by atoms with E-state index in [1.807, 2.05) is 12.3 Å². The average Bonchev–Trinajstić information content (AvgIpc) is 2.21. The minimum Gasteiger partial charge on any atom is -0.314 e. The van der Waals surface area contributed by atoms with E-state index in [1.165, 1.54) is 31.5 Å². The zero-order valence-corrected chi connectivity index (χ0v) is 7.87. The van der Waals surface area contributed by atoms with Crippen LogP contribution in [-0.2, 0) is 6.42 Å². The van der Waals surface area contributed by atoms with Gasteiger partial charge in [-0.15, -0.1) is 0 Å². The number of aromatic nitrogens is 1. The first kappa shape index (κ1) is 8.70. The monoisotopic (exact) mass is 176 g/mol. The first-order chi connectivity index (χ1) is 6.45. The van der Waals surface area contributed by atoms with Crippen LogP contribution in [0.3, 0.4) is 0 Å². The van der Waals surface area contributed by atoms with Gasteiger partial charge >= 0.3 is 0 Å². The van der Waals surface area contributed by atoms with Crippen LogP contribution in [0.25, 0.3) is 0 Å². The third-order valence-corrected chi connectivity index (χ3v) is 2.59. The molecule has 0 aliphatic carbocycles. The second-order valence-electron chi connectivity index (χ2n) is 3.67. The Balaban J connectivity index is 1.90. The summed E-state index contributed by atoms with van der Waals surface area (Å²) < 4.78 is 0. The third-order valence-electron chi connectivity index (χ3n) is 2.59. The van der Waals surface area contributed by atoms with E-state index in [1.54, 1.807) is 0 Å². The molecule has 0 radical (unpaired) electrons. The molecule has 1 saturated heterocycles. The molecule has 0 unspecified atom stereocenters. The molecule has 1 N–H and O–H groups in total. The summed E-state index contributed by atoms with van der Waals surface area (Å²) in [5.74, 6) is 0. The van der Waals surface area contributed by atoms with Gasteiger partial charge in [0.25, 0.3) is 0 Å². The number of nitrogens with one attached hydrogen (secondary N) is 1. The van der Waals surface area contributed by atoms with E-state index in [0.717, 1.165) is 6.42 Å². The van der Waals surface area contributed by atoms with Gasteiger partial charge in [-0.25, -0.2) is 0 Å². The van der Waals surface area contributed by atoms with Gasteiger partial charge in [-0.1, -0.05) is 12.5 Å². The van der Waals surface area contributed by atoms with Crippen LogP contribution in [0.1, 0.15) is 25.0 Å². The highest BCUT2D eigenvalue weighted by Crippen LogP contribution is 2.10. The minimum absolute atomic E-state index is 0.656. The summed E-state index contributed by atoms with van der Waals surface area (Å²) in [5, 5.41) is 3.53. The summed E-state index contributed by atoms with van der Waals surface area (Å²) in [6, 6.07) is 6.79. The Labute approximate surface area is 79.4 Å². The number of nitrogens with zero attached hydrogens (tertiary/aromatic N) is 1. The van der Waals surface area contributed by atoms with Crippen molar-refractivity contribution < 1.29 is 0 Å². The molecule has 1 aromatic rings. The van der Waals surface area contributed by atoms with Crippen molar-refractivity contribution in [3.8, 4) is 0 Å². The van der Waals surface area contributed by atoms with Crippen molar-refractivity contribution >= 4 is 0 Å². The van der Waals surface area contributed by atoms with Crippen LogP contribution in [-0.4, -0.2) is 17.6 Å². The molecule has 1 aliphatic heterocycles. The smallest absolute Gasteiger partial charge is 0.0419 e. The second kappa shape index (κ2) is 4.38. The van der Waals surface area contributed by atoms with Crippen molar-refractivity contribution in [3.63, 3.8) is 0 Å². The largest absolute Gasteiger partial charge is 0.314 e. The molecule has 1 aromatic heterocycles. The van der Waals surface area contributed by atoms with E-state index < -0.39 is 0 Å². The van der Waals surface area contributed by atoms with Gasteiger partial charge < -0.3 is 5.32 Å². The predicted octanol–water partition coefficient (Wildman–Crippen LogP) is 1.77. The van der Waals surface area contributed by atoms with Crippen LogP contribution in [0.15, 0.2) is 24.4 Å². The Morgan fingerprint density at radius 3 is 3.08 bits per heavy atom. The summed E-state index contributed by atoms with van der Waals surface area (Å²) in [4.78, 5) is 4.33. The van der Waals surface area contributed by atoms with E-state index in [9.17, 15) is 0 Å². The molecule has 1 atom stereocenters. The molecule has 0 aromatic carbocycles. The van der Waals surface area contributed by atoms with Crippen molar-refractivity contribution in [1.29, 1.82) is 0 Å². The molecule has 0 saturated carbocycles. The molecular weight excluding hydrogens is 160 g/mol. The fourth-order valence-corrected chi connectivity index (χ4v) is 1.87. The summed E-state index contributed by atoms with van der Waals surface area (Å²) in [5.41, 5.74) is 1.21. The van der Waals surface area contributed by atoms with Gasteiger partial charge in [-0.3, -0.25) is 4.98 Å². The van der Waals surface area contributed by atoms with Crippen LogP contribution in [0, 0.1) is 0 Å². The number of pyridine rings is 1. The maximum Gasteiger partial charge on any atom is 0.0419 e. The van der Waals surface area contributed by atoms with Crippen LogP contribution in [0.4, 0.5) is 0 Å². The van der Waals surface area contributed by atoms with Crippen molar-refractivity contribution in [3.05, 3.63) is 30.1 Å². The zero-order chi connectivity index (χ0) is 8.93. The van der Waals surface area contributed by atoms with Gasteiger partial charge in [0.15, 0.2) is 0 Å². The summed E-state index contributed by atoms with van der Waals surface area (Å²) >= 11 is 0. The van der Waals surface area contributed by atoms with Crippen molar-refractivity contribution in [2.45, 2.75) is 31.7 Å². The number of hydrogen-bond acceptors (Lipinski definition) is 2. The lowest BCUT2D eigenvalue weighted by atomic mass is 10.0. The Bertz CT molecular complexity index is 240. The minimum atomic E-state index is 0.656. The third kappa shape index (κ3) is 2.52. The Morgan fingerprint density at radius 2 is 2.38 bits per heavy atom. The van der Waals surface area contributed by atoms with Gasteiger partial charge in [0.05, 0.1) is 0 Å². The molecule has 1 fully saturated rings. The van der Waals surface area contributed by atoms with Crippen molar-refractivity contribution in [2.24, 2.45) is 0 Å². The van der Waals surface area contributed by atoms with Crippen molar-refractivity contribution in [1.82, 2.24) is 10.3 Å². The van der Waals surface area contributed by atoms with Crippen LogP contribution in [0.5, 0.6) is 0 Å². The highest BCUT2D eigenvalue weighted by atomic mass is 14.9. The highest BCUT2D eigenvalue weighted by Gasteiger charge is 2.12. The maximum atomic E-state index is 4.33. The Hall–Kier alpha value is -0.890. The quantitative estimate of drug-likeness (QED) is 0.742. The average molecular weight is 176 g/mol. The fourth-order valence-electron chi connectivity index (χ4n) is 1.87. The number of rotatable bonds is 2. The lowest BCUT2D eigenvalue weighted by Crippen LogP contribution is -2.35. The summed E-state index contributed by atoms with van der Waals surface area (Å²) in [6.07, 6.45) is 6.96. The van der Waals surface area contributed by atoms with Gasteiger partial charge in [0.1, 0.15) is 0 Å². The maximum absolute atomic E-state index is 4.33. The van der Waals surface area contributed by atoms with Crippen molar-refractivity contribution in [2.75, 3.05) is 6.54 Å². The topological polar surface area (TPSA) is 24.9 Å². The van der Waals surface area contributed by atoms with E-state index in [2.05, 4.69) is 22.4 Å². The first-order valence-electron chi connectivity index (χ1n) is 5.08. The van der Waals surface area contributed by atoms with Gasteiger partial charge in [0.2, 0.25) is 0 Å². The molecule has 2 heteroatoms. The molecule has 2 nitrogen and oxygen atoms in total. The Kier molecular flexibility index (Phi) is 2.93.